The number of hydrogen-bond donors (Lipinski definition) is 1. The molecule has 0 spiro atoms. The molecule has 2 aromatic heterocycles. The average molecular weight is 267 g/mol. The summed E-state index contributed by atoms with van der Waals surface area (Å²) in [4.78, 5) is 9.63. The molecule has 92 valence electrons. The van der Waals surface area contributed by atoms with E-state index >= 15 is 0 Å². The van der Waals surface area contributed by atoms with Gasteiger partial charge in [0.25, 0.3) is 0 Å². The maximum absolute atomic E-state index is 4.32. The van der Waals surface area contributed by atoms with Crippen molar-refractivity contribution in [3.8, 4) is 0 Å². The van der Waals surface area contributed by atoms with Crippen LogP contribution in [0.1, 0.15) is 20.3 Å². The van der Waals surface area contributed by atoms with Gasteiger partial charge in [-0.3, -0.25) is 0 Å². The Morgan fingerprint density at radius 1 is 1.47 bits per heavy atom. The molecule has 3 nitrogen and oxygen atoms in total. The number of hydrogen-bond acceptors (Lipinski definition) is 5. The lowest BCUT2D eigenvalue weighted by Crippen LogP contribution is -2.17. The summed E-state index contributed by atoms with van der Waals surface area (Å²) >= 11 is 3.64. The van der Waals surface area contributed by atoms with Crippen molar-refractivity contribution in [2.45, 2.75) is 26.3 Å². The summed E-state index contributed by atoms with van der Waals surface area (Å²) < 4.78 is 0. The first kappa shape index (κ1) is 12.6. The summed E-state index contributed by atoms with van der Waals surface area (Å²) in [5.74, 6) is 3.35. The van der Waals surface area contributed by atoms with Gasteiger partial charge in [0.2, 0.25) is 0 Å². The van der Waals surface area contributed by atoms with E-state index in [1.165, 1.54) is 11.5 Å². The molecule has 1 unspecified atom stereocenters. The molecule has 0 aliphatic rings. The van der Waals surface area contributed by atoms with Gasteiger partial charge in [-0.2, -0.15) is 11.8 Å². The highest BCUT2D eigenvalue weighted by molar-refractivity contribution is 7.99. The van der Waals surface area contributed by atoms with Gasteiger partial charge in [0.15, 0.2) is 0 Å². The number of aromatic nitrogens is 2. The second-order valence-electron chi connectivity index (χ2n) is 3.89. The molecule has 2 rings (SSSR count). The summed E-state index contributed by atoms with van der Waals surface area (Å²) in [5.41, 5.74) is 0. The van der Waals surface area contributed by atoms with Crippen LogP contribution in [0.15, 0.2) is 17.8 Å². The van der Waals surface area contributed by atoms with Crippen LogP contribution >= 0.6 is 23.1 Å². The molecule has 0 fully saturated rings. The number of nitrogens with one attached hydrogen (secondary N) is 1. The number of thiophene rings is 1. The minimum absolute atomic E-state index is 0.451. The zero-order valence-electron chi connectivity index (χ0n) is 10.1. The highest BCUT2D eigenvalue weighted by Gasteiger charge is 2.07. The first-order chi connectivity index (χ1) is 8.31. The van der Waals surface area contributed by atoms with E-state index in [2.05, 4.69) is 40.6 Å². The molecule has 1 atom stereocenters. The Morgan fingerprint density at radius 3 is 3.18 bits per heavy atom. The van der Waals surface area contributed by atoms with E-state index in [4.69, 9.17) is 0 Å². The molecule has 17 heavy (non-hydrogen) atoms. The largest absolute Gasteiger partial charge is 0.367 e. The predicted molar refractivity (Wildman–Crippen MR) is 78.1 cm³/mol. The zero-order valence-corrected chi connectivity index (χ0v) is 11.8. The van der Waals surface area contributed by atoms with Crippen LogP contribution in [0.3, 0.4) is 0 Å². The fraction of sp³-hybridized carbons (Fsp3) is 0.500. The average Bonchev–Trinajstić information content (AvgIpc) is 2.78. The highest BCUT2D eigenvalue weighted by Crippen LogP contribution is 2.24. The Hall–Kier alpha value is -0.810. The van der Waals surface area contributed by atoms with Gasteiger partial charge in [0.05, 0.1) is 5.39 Å². The van der Waals surface area contributed by atoms with Crippen LogP contribution in [0.4, 0.5) is 5.82 Å². The number of thioether (sulfide) groups is 1. The number of nitrogens with zero attached hydrogens (tertiary/aromatic N) is 2. The van der Waals surface area contributed by atoms with E-state index in [-0.39, 0.29) is 0 Å². The maximum atomic E-state index is 4.32. The van der Waals surface area contributed by atoms with E-state index in [9.17, 15) is 0 Å². The third-order valence-corrected chi connectivity index (χ3v) is 4.30. The van der Waals surface area contributed by atoms with Crippen LogP contribution in [-0.4, -0.2) is 27.5 Å². The molecule has 0 radical (unpaired) electrons. The van der Waals surface area contributed by atoms with Crippen molar-refractivity contribution in [2.24, 2.45) is 0 Å². The highest BCUT2D eigenvalue weighted by atomic mass is 32.2. The molecule has 1 N–H and O–H groups in total. The molecular formula is C12H17N3S2. The second-order valence-corrected chi connectivity index (χ2v) is 6.18. The van der Waals surface area contributed by atoms with E-state index in [1.54, 1.807) is 17.7 Å². The third kappa shape index (κ3) is 3.33. The molecular weight excluding hydrogens is 250 g/mol. The summed E-state index contributed by atoms with van der Waals surface area (Å²) in [6.07, 6.45) is 2.79. The van der Waals surface area contributed by atoms with Gasteiger partial charge in [-0.15, -0.1) is 11.3 Å². The fourth-order valence-corrected chi connectivity index (χ4v) is 3.16. The number of rotatable bonds is 6. The van der Waals surface area contributed by atoms with Crippen LogP contribution in [0.2, 0.25) is 0 Å². The minimum Gasteiger partial charge on any atom is -0.367 e. The molecule has 0 aliphatic heterocycles. The van der Waals surface area contributed by atoms with Crippen LogP contribution in [0, 0.1) is 0 Å². The summed E-state index contributed by atoms with van der Waals surface area (Å²) in [6.45, 7) is 4.40. The molecule has 0 saturated carbocycles. The molecule has 0 aliphatic carbocycles. The van der Waals surface area contributed by atoms with Crippen molar-refractivity contribution in [3.05, 3.63) is 17.8 Å². The van der Waals surface area contributed by atoms with E-state index < -0.39 is 0 Å². The summed E-state index contributed by atoms with van der Waals surface area (Å²) in [5, 5.41) is 6.66. The Labute approximate surface area is 110 Å². The molecule has 5 heteroatoms. The smallest absolute Gasteiger partial charge is 0.138 e. The minimum atomic E-state index is 0.451. The van der Waals surface area contributed by atoms with Crippen molar-refractivity contribution in [3.63, 3.8) is 0 Å². The lowest BCUT2D eigenvalue weighted by Gasteiger charge is -2.14. The SMILES string of the molecule is CCSCCC(C)Nc1ncnc2sccc12. The zero-order chi connectivity index (χ0) is 12.1. The normalized spacial score (nSPS) is 12.8. The molecule has 0 bridgehead atoms. The van der Waals surface area contributed by atoms with Crippen molar-refractivity contribution < 1.29 is 0 Å². The summed E-state index contributed by atoms with van der Waals surface area (Å²) in [6, 6.07) is 2.53. The van der Waals surface area contributed by atoms with Gasteiger partial charge in [-0.25, -0.2) is 9.97 Å². The van der Waals surface area contributed by atoms with Crippen molar-refractivity contribution in [2.75, 3.05) is 16.8 Å². The second kappa shape index (κ2) is 6.21. The van der Waals surface area contributed by atoms with E-state index in [1.807, 2.05) is 11.8 Å². The Balaban J connectivity index is 2.00. The first-order valence-electron chi connectivity index (χ1n) is 5.83. The molecule has 0 saturated heterocycles. The Morgan fingerprint density at radius 2 is 2.35 bits per heavy atom. The van der Waals surface area contributed by atoms with Gasteiger partial charge < -0.3 is 5.32 Å². The quantitative estimate of drug-likeness (QED) is 0.811. The van der Waals surface area contributed by atoms with Gasteiger partial charge in [-0.05, 0) is 36.3 Å². The van der Waals surface area contributed by atoms with Gasteiger partial charge >= 0.3 is 0 Å². The van der Waals surface area contributed by atoms with Crippen LogP contribution in [0.5, 0.6) is 0 Å². The van der Waals surface area contributed by atoms with Crippen LogP contribution in [-0.2, 0) is 0 Å². The fourth-order valence-electron chi connectivity index (χ4n) is 1.62. The molecule has 0 aromatic carbocycles. The monoisotopic (exact) mass is 267 g/mol. The Bertz CT molecular complexity index is 469. The third-order valence-electron chi connectivity index (χ3n) is 2.54. The topological polar surface area (TPSA) is 37.8 Å². The summed E-state index contributed by atoms with van der Waals surface area (Å²) in [7, 11) is 0. The first-order valence-corrected chi connectivity index (χ1v) is 7.87. The number of anilines is 1. The predicted octanol–water partition coefficient (Wildman–Crippen LogP) is 3.63. The van der Waals surface area contributed by atoms with Gasteiger partial charge in [-0.1, -0.05) is 6.92 Å². The lowest BCUT2D eigenvalue weighted by atomic mass is 10.2. The standard InChI is InChI=1S/C12H17N3S2/c1-3-16-6-4-9(2)15-11-10-5-7-17-12(10)14-8-13-11/h5,7-9H,3-4,6H2,1-2H3,(H,13,14,15). The number of fused-ring (bicyclic) bond motifs is 1. The van der Waals surface area contributed by atoms with Crippen LogP contribution < -0.4 is 5.32 Å². The molecule has 2 aromatic rings. The van der Waals surface area contributed by atoms with Crippen molar-refractivity contribution >= 4 is 39.1 Å². The van der Waals surface area contributed by atoms with E-state index in [0.29, 0.717) is 6.04 Å². The molecule has 0 amide bonds. The van der Waals surface area contributed by atoms with Gasteiger partial charge in [0.1, 0.15) is 17.0 Å². The van der Waals surface area contributed by atoms with Crippen molar-refractivity contribution in [1.29, 1.82) is 0 Å². The molecule has 2 heterocycles. The maximum Gasteiger partial charge on any atom is 0.138 e. The van der Waals surface area contributed by atoms with Gasteiger partial charge in [0, 0.05) is 6.04 Å². The van der Waals surface area contributed by atoms with Crippen molar-refractivity contribution in [1.82, 2.24) is 9.97 Å². The Kier molecular flexibility index (Phi) is 4.62. The lowest BCUT2D eigenvalue weighted by molar-refractivity contribution is 0.767. The van der Waals surface area contributed by atoms with E-state index in [0.717, 1.165) is 22.5 Å². The van der Waals surface area contributed by atoms with Crippen LogP contribution in [0.25, 0.3) is 10.2 Å².